The van der Waals surface area contributed by atoms with E-state index in [0.717, 1.165) is 25.0 Å². The highest BCUT2D eigenvalue weighted by Gasteiger charge is 2.12. The highest BCUT2D eigenvalue weighted by atomic mass is 16.7. The molecule has 2 rings (SSSR count). The van der Waals surface area contributed by atoms with Crippen molar-refractivity contribution in [2.75, 3.05) is 13.2 Å². The van der Waals surface area contributed by atoms with Crippen LogP contribution in [0.2, 0.25) is 0 Å². The molecular weight excluding hydrogens is 236 g/mol. The summed E-state index contributed by atoms with van der Waals surface area (Å²) in [6.07, 6.45) is 3.28. The van der Waals surface area contributed by atoms with Crippen molar-refractivity contribution in [3.05, 3.63) is 35.4 Å². The first-order valence-corrected chi connectivity index (χ1v) is 7.08. The van der Waals surface area contributed by atoms with Crippen LogP contribution in [0.25, 0.3) is 0 Å². The Morgan fingerprint density at radius 2 is 2.05 bits per heavy atom. The summed E-state index contributed by atoms with van der Waals surface area (Å²) in [6.45, 7) is 5.64. The zero-order valence-electron chi connectivity index (χ0n) is 11.8. The molecule has 0 radical (unpaired) electrons. The molecule has 0 spiro atoms. The standard InChI is InChI=1S/C17H22O2/c1-14(2)16-10-8-15(9-11-16)6-5-13-19-17-7-3-4-12-18-17/h8-11,14,17H,3-4,7,12-13H2,1-2H3. The van der Waals surface area contributed by atoms with Gasteiger partial charge in [0.2, 0.25) is 0 Å². The fourth-order valence-corrected chi connectivity index (χ4v) is 2.07. The maximum absolute atomic E-state index is 5.57. The molecule has 1 aliphatic heterocycles. The van der Waals surface area contributed by atoms with Gasteiger partial charge >= 0.3 is 0 Å². The van der Waals surface area contributed by atoms with Crippen molar-refractivity contribution in [2.45, 2.75) is 45.3 Å². The minimum absolute atomic E-state index is 0.0497. The van der Waals surface area contributed by atoms with Gasteiger partial charge in [0.1, 0.15) is 6.61 Å². The maximum Gasteiger partial charge on any atom is 0.158 e. The summed E-state index contributed by atoms with van der Waals surface area (Å²) in [4.78, 5) is 0. The Hall–Kier alpha value is -1.30. The summed E-state index contributed by atoms with van der Waals surface area (Å²) in [5, 5.41) is 0. The lowest BCUT2D eigenvalue weighted by Crippen LogP contribution is -2.22. The molecule has 1 aliphatic rings. The van der Waals surface area contributed by atoms with Gasteiger partial charge in [0, 0.05) is 12.2 Å². The van der Waals surface area contributed by atoms with Gasteiger partial charge in [-0.3, -0.25) is 0 Å². The summed E-state index contributed by atoms with van der Waals surface area (Å²) in [7, 11) is 0. The first-order chi connectivity index (χ1) is 9.25. The minimum Gasteiger partial charge on any atom is -0.353 e. The molecule has 2 nitrogen and oxygen atoms in total. The van der Waals surface area contributed by atoms with Crippen LogP contribution >= 0.6 is 0 Å². The van der Waals surface area contributed by atoms with Crippen LogP contribution in [0.15, 0.2) is 24.3 Å². The van der Waals surface area contributed by atoms with Crippen molar-refractivity contribution in [3.63, 3.8) is 0 Å². The van der Waals surface area contributed by atoms with Gasteiger partial charge in [-0.1, -0.05) is 37.8 Å². The average molecular weight is 258 g/mol. The van der Waals surface area contributed by atoms with Crippen LogP contribution in [-0.4, -0.2) is 19.5 Å². The van der Waals surface area contributed by atoms with E-state index < -0.39 is 0 Å². The van der Waals surface area contributed by atoms with Crippen molar-refractivity contribution < 1.29 is 9.47 Å². The van der Waals surface area contributed by atoms with Crippen molar-refractivity contribution >= 4 is 0 Å². The Morgan fingerprint density at radius 3 is 2.68 bits per heavy atom. The van der Waals surface area contributed by atoms with E-state index in [9.17, 15) is 0 Å². The quantitative estimate of drug-likeness (QED) is 0.770. The number of hydrogen-bond acceptors (Lipinski definition) is 2. The van der Waals surface area contributed by atoms with Crippen molar-refractivity contribution in [1.29, 1.82) is 0 Å². The predicted octanol–water partition coefficient (Wildman–Crippen LogP) is 3.70. The van der Waals surface area contributed by atoms with E-state index in [4.69, 9.17) is 9.47 Å². The molecule has 1 fully saturated rings. The van der Waals surface area contributed by atoms with Gasteiger partial charge in [-0.2, -0.15) is 0 Å². The molecular formula is C17H22O2. The van der Waals surface area contributed by atoms with Gasteiger partial charge < -0.3 is 9.47 Å². The van der Waals surface area contributed by atoms with Gasteiger partial charge in [0.25, 0.3) is 0 Å². The Kier molecular flexibility index (Phi) is 5.44. The number of hydrogen-bond donors (Lipinski definition) is 0. The molecule has 1 atom stereocenters. The van der Waals surface area contributed by atoms with Crippen LogP contribution in [0.4, 0.5) is 0 Å². The fraction of sp³-hybridized carbons (Fsp3) is 0.529. The number of benzene rings is 1. The number of rotatable bonds is 3. The molecule has 1 aromatic rings. The molecule has 0 aliphatic carbocycles. The third-order valence-electron chi connectivity index (χ3n) is 3.29. The van der Waals surface area contributed by atoms with E-state index in [-0.39, 0.29) is 6.29 Å². The van der Waals surface area contributed by atoms with Crippen molar-refractivity contribution in [3.8, 4) is 11.8 Å². The lowest BCUT2D eigenvalue weighted by molar-refractivity contribution is -0.154. The second-order valence-electron chi connectivity index (χ2n) is 5.19. The second kappa shape index (κ2) is 7.33. The van der Waals surface area contributed by atoms with E-state index in [1.807, 2.05) is 0 Å². The zero-order chi connectivity index (χ0) is 13.5. The normalized spacial score (nSPS) is 19.0. The van der Waals surface area contributed by atoms with Crippen LogP contribution in [0.3, 0.4) is 0 Å². The van der Waals surface area contributed by atoms with E-state index in [0.29, 0.717) is 12.5 Å². The fourth-order valence-electron chi connectivity index (χ4n) is 2.07. The van der Waals surface area contributed by atoms with E-state index >= 15 is 0 Å². The largest absolute Gasteiger partial charge is 0.353 e. The molecule has 1 aromatic carbocycles. The summed E-state index contributed by atoms with van der Waals surface area (Å²) >= 11 is 0. The van der Waals surface area contributed by atoms with Gasteiger partial charge in [-0.25, -0.2) is 0 Å². The van der Waals surface area contributed by atoms with Gasteiger partial charge in [-0.05, 0) is 42.9 Å². The average Bonchev–Trinajstić information content (AvgIpc) is 2.45. The third kappa shape index (κ3) is 4.70. The summed E-state index contributed by atoms with van der Waals surface area (Å²) in [5.41, 5.74) is 2.38. The smallest absolute Gasteiger partial charge is 0.158 e. The van der Waals surface area contributed by atoms with Crippen LogP contribution in [0.5, 0.6) is 0 Å². The SMILES string of the molecule is CC(C)c1ccc(C#CCOC2CCCCO2)cc1. The highest BCUT2D eigenvalue weighted by molar-refractivity contribution is 5.36. The molecule has 2 heteroatoms. The molecule has 0 amide bonds. The molecule has 1 heterocycles. The molecule has 1 saturated heterocycles. The van der Waals surface area contributed by atoms with Crippen molar-refractivity contribution in [1.82, 2.24) is 0 Å². The Balaban J connectivity index is 1.79. The van der Waals surface area contributed by atoms with Gasteiger partial charge in [0.05, 0.1) is 0 Å². The minimum atomic E-state index is -0.0497. The van der Waals surface area contributed by atoms with Crippen LogP contribution in [0.1, 0.15) is 50.2 Å². The first kappa shape index (κ1) is 14.1. The second-order valence-corrected chi connectivity index (χ2v) is 5.19. The van der Waals surface area contributed by atoms with E-state index in [1.54, 1.807) is 0 Å². The zero-order valence-corrected chi connectivity index (χ0v) is 11.8. The summed E-state index contributed by atoms with van der Waals surface area (Å²) in [6, 6.07) is 8.42. The van der Waals surface area contributed by atoms with Gasteiger partial charge in [-0.15, -0.1) is 0 Å². The maximum atomic E-state index is 5.57. The first-order valence-electron chi connectivity index (χ1n) is 7.08. The topological polar surface area (TPSA) is 18.5 Å². The predicted molar refractivity (Wildman–Crippen MR) is 77.0 cm³/mol. The lowest BCUT2D eigenvalue weighted by Gasteiger charge is -2.21. The Labute approximate surface area is 116 Å². The molecule has 19 heavy (non-hydrogen) atoms. The van der Waals surface area contributed by atoms with Crippen LogP contribution in [-0.2, 0) is 9.47 Å². The Bertz CT molecular complexity index is 431. The molecule has 0 N–H and O–H groups in total. The summed E-state index contributed by atoms with van der Waals surface area (Å²) < 4.78 is 11.1. The van der Waals surface area contributed by atoms with Crippen molar-refractivity contribution in [2.24, 2.45) is 0 Å². The lowest BCUT2D eigenvalue weighted by atomic mass is 10.0. The van der Waals surface area contributed by atoms with E-state index in [1.165, 1.54) is 12.0 Å². The molecule has 1 unspecified atom stereocenters. The third-order valence-corrected chi connectivity index (χ3v) is 3.29. The monoisotopic (exact) mass is 258 g/mol. The molecule has 102 valence electrons. The van der Waals surface area contributed by atoms with Crippen LogP contribution < -0.4 is 0 Å². The summed E-state index contributed by atoms with van der Waals surface area (Å²) in [5.74, 6) is 6.73. The van der Waals surface area contributed by atoms with E-state index in [2.05, 4.69) is 50.0 Å². The van der Waals surface area contributed by atoms with Gasteiger partial charge in [0.15, 0.2) is 6.29 Å². The number of ether oxygens (including phenoxy) is 2. The van der Waals surface area contributed by atoms with Crippen LogP contribution in [0, 0.1) is 11.8 Å². The Morgan fingerprint density at radius 1 is 1.26 bits per heavy atom. The highest BCUT2D eigenvalue weighted by Crippen LogP contribution is 2.14. The molecule has 0 saturated carbocycles. The molecule has 0 bridgehead atoms. The molecule has 0 aromatic heterocycles.